The van der Waals surface area contributed by atoms with Gasteiger partial charge >= 0.3 is 0 Å². The van der Waals surface area contributed by atoms with Gasteiger partial charge in [-0.3, -0.25) is 9.59 Å². The molecule has 5 nitrogen and oxygen atoms in total. The number of hydrogen-bond donors (Lipinski definition) is 2. The van der Waals surface area contributed by atoms with Crippen LogP contribution in [0.2, 0.25) is 0 Å². The largest absolute Gasteiger partial charge is 0.507 e. The number of phenolic OH excluding ortho intramolecular Hbond substituents is 1. The molecule has 0 saturated heterocycles. The molecule has 0 aliphatic heterocycles. The van der Waals surface area contributed by atoms with Crippen LogP contribution in [-0.4, -0.2) is 49.4 Å². The van der Waals surface area contributed by atoms with Crippen LogP contribution in [0, 0.1) is 0 Å². The maximum absolute atomic E-state index is 12.3. The monoisotopic (exact) mass is 382 g/mol. The van der Waals surface area contributed by atoms with E-state index >= 15 is 0 Å². The SMILES string of the molecule is CN(C)CCCNC(=O)c1ccc(-c2ccc3c(C=O)c(O)ccc3c2)s1. The van der Waals surface area contributed by atoms with Crippen molar-refractivity contribution < 1.29 is 14.7 Å². The van der Waals surface area contributed by atoms with E-state index in [1.54, 1.807) is 6.07 Å². The predicted octanol–water partition coefficient (Wildman–Crippen LogP) is 3.77. The second kappa shape index (κ2) is 8.33. The lowest BCUT2D eigenvalue weighted by molar-refractivity contribution is 0.0956. The van der Waals surface area contributed by atoms with Crippen molar-refractivity contribution in [3.63, 3.8) is 0 Å². The number of phenols is 1. The highest BCUT2D eigenvalue weighted by atomic mass is 32.1. The van der Waals surface area contributed by atoms with Gasteiger partial charge < -0.3 is 15.3 Å². The summed E-state index contributed by atoms with van der Waals surface area (Å²) in [6, 6.07) is 12.8. The lowest BCUT2D eigenvalue weighted by Gasteiger charge is -2.09. The minimum Gasteiger partial charge on any atom is -0.507 e. The van der Waals surface area contributed by atoms with Crippen LogP contribution < -0.4 is 5.32 Å². The number of rotatable bonds is 7. The number of thiophene rings is 1. The van der Waals surface area contributed by atoms with Crippen molar-refractivity contribution in [3.8, 4) is 16.2 Å². The summed E-state index contributed by atoms with van der Waals surface area (Å²) in [7, 11) is 4.02. The van der Waals surface area contributed by atoms with E-state index in [2.05, 4.69) is 10.2 Å². The molecule has 2 N–H and O–H groups in total. The van der Waals surface area contributed by atoms with Gasteiger partial charge in [0.15, 0.2) is 6.29 Å². The molecule has 0 aliphatic rings. The Hall–Kier alpha value is -2.70. The molecule has 0 radical (unpaired) electrons. The number of nitrogens with zero attached hydrogens (tertiary/aromatic N) is 1. The Morgan fingerprint density at radius 2 is 2.00 bits per heavy atom. The quantitative estimate of drug-likeness (QED) is 0.482. The van der Waals surface area contributed by atoms with Crippen LogP contribution in [0.5, 0.6) is 5.75 Å². The highest BCUT2D eigenvalue weighted by Crippen LogP contribution is 2.33. The highest BCUT2D eigenvalue weighted by Gasteiger charge is 2.12. The number of fused-ring (bicyclic) bond motifs is 1. The molecule has 27 heavy (non-hydrogen) atoms. The molecule has 0 spiro atoms. The number of aldehydes is 1. The first-order valence-corrected chi connectivity index (χ1v) is 9.55. The third-order valence-electron chi connectivity index (χ3n) is 4.34. The van der Waals surface area contributed by atoms with Crippen LogP contribution >= 0.6 is 11.3 Å². The topological polar surface area (TPSA) is 69.6 Å². The molecular weight excluding hydrogens is 360 g/mol. The van der Waals surface area contributed by atoms with Crippen molar-refractivity contribution in [3.05, 3.63) is 52.9 Å². The average molecular weight is 382 g/mol. The van der Waals surface area contributed by atoms with Crippen LogP contribution in [0.1, 0.15) is 26.5 Å². The molecular formula is C21H22N2O3S. The number of amides is 1. The number of nitrogens with one attached hydrogen (secondary N) is 1. The van der Waals surface area contributed by atoms with Crippen LogP contribution in [-0.2, 0) is 0 Å². The van der Waals surface area contributed by atoms with Gasteiger partial charge in [-0.1, -0.05) is 18.2 Å². The van der Waals surface area contributed by atoms with Crippen molar-refractivity contribution in [1.29, 1.82) is 0 Å². The molecule has 1 amide bonds. The molecule has 6 heteroatoms. The zero-order valence-corrected chi connectivity index (χ0v) is 16.2. The summed E-state index contributed by atoms with van der Waals surface area (Å²) >= 11 is 1.44. The third kappa shape index (κ3) is 4.35. The maximum Gasteiger partial charge on any atom is 0.261 e. The number of aromatic hydroxyl groups is 1. The van der Waals surface area contributed by atoms with E-state index in [-0.39, 0.29) is 11.7 Å². The second-order valence-corrected chi connectivity index (χ2v) is 7.71. The summed E-state index contributed by atoms with van der Waals surface area (Å²) in [4.78, 5) is 27.2. The van der Waals surface area contributed by atoms with Gasteiger partial charge in [0.2, 0.25) is 0 Å². The van der Waals surface area contributed by atoms with Gasteiger partial charge in [0.25, 0.3) is 5.91 Å². The minimum absolute atomic E-state index is 0.0189. The smallest absolute Gasteiger partial charge is 0.261 e. The molecule has 1 heterocycles. The molecule has 1 aromatic heterocycles. The van der Waals surface area contributed by atoms with Gasteiger partial charge in [-0.2, -0.15) is 0 Å². The van der Waals surface area contributed by atoms with Crippen molar-refractivity contribution in [2.75, 3.05) is 27.2 Å². The van der Waals surface area contributed by atoms with E-state index in [0.29, 0.717) is 28.7 Å². The van der Waals surface area contributed by atoms with E-state index in [1.165, 1.54) is 17.4 Å². The first-order chi connectivity index (χ1) is 13.0. The van der Waals surface area contributed by atoms with E-state index in [9.17, 15) is 14.7 Å². The standard InChI is InChI=1S/C21H22N2O3S/c1-23(2)11-3-10-22-21(26)20-9-8-19(27-20)15-4-6-16-14(12-15)5-7-18(25)17(16)13-24/h4-9,12-13,25H,3,10-11H2,1-2H3,(H,22,26). The Kier molecular flexibility index (Phi) is 5.88. The van der Waals surface area contributed by atoms with E-state index in [0.717, 1.165) is 28.8 Å². The summed E-state index contributed by atoms with van der Waals surface area (Å²) in [5.41, 5.74) is 1.27. The highest BCUT2D eigenvalue weighted by molar-refractivity contribution is 7.17. The van der Waals surface area contributed by atoms with Gasteiger partial charge in [-0.15, -0.1) is 11.3 Å². The molecule has 0 bridgehead atoms. The first-order valence-electron chi connectivity index (χ1n) is 8.73. The van der Waals surface area contributed by atoms with E-state index in [1.807, 2.05) is 44.4 Å². The Labute approximate surface area is 162 Å². The lowest BCUT2D eigenvalue weighted by atomic mass is 10.0. The first kappa shape index (κ1) is 19.1. The Balaban J connectivity index is 1.77. The summed E-state index contributed by atoms with van der Waals surface area (Å²) in [6.45, 7) is 1.59. The Bertz CT molecular complexity index is 979. The van der Waals surface area contributed by atoms with Crippen molar-refractivity contribution in [2.45, 2.75) is 6.42 Å². The van der Waals surface area contributed by atoms with Gasteiger partial charge in [0.1, 0.15) is 5.75 Å². The number of benzene rings is 2. The van der Waals surface area contributed by atoms with E-state index < -0.39 is 0 Å². The number of hydrogen-bond acceptors (Lipinski definition) is 5. The predicted molar refractivity (Wildman–Crippen MR) is 110 cm³/mol. The van der Waals surface area contributed by atoms with Crippen LogP contribution in [0.4, 0.5) is 0 Å². The lowest BCUT2D eigenvalue weighted by Crippen LogP contribution is -2.26. The van der Waals surface area contributed by atoms with Crippen molar-refractivity contribution in [1.82, 2.24) is 10.2 Å². The molecule has 3 aromatic rings. The molecule has 0 aliphatic carbocycles. The number of carbonyl (C=O) groups excluding carboxylic acids is 2. The van der Waals surface area contributed by atoms with Crippen LogP contribution in [0.3, 0.4) is 0 Å². The Morgan fingerprint density at radius 1 is 1.19 bits per heavy atom. The van der Waals surface area contributed by atoms with Crippen molar-refractivity contribution >= 4 is 34.3 Å². The molecule has 0 fully saturated rings. The zero-order valence-electron chi connectivity index (χ0n) is 15.4. The molecule has 0 unspecified atom stereocenters. The Morgan fingerprint density at radius 3 is 2.74 bits per heavy atom. The average Bonchev–Trinajstić information content (AvgIpc) is 3.15. The second-order valence-electron chi connectivity index (χ2n) is 6.63. The van der Waals surface area contributed by atoms with Crippen LogP contribution in [0.15, 0.2) is 42.5 Å². The van der Waals surface area contributed by atoms with Gasteiger partial charge in [-0.05, 0) is 67.7 Å². The maximum atomic E-state index is 12.3. The normalized spacial score (nSPS) is 11.1. The number of carbonyl (C=O) groups is 2. The molecule has 3 rings (SSSR count). The fourth-order valence-corrected chi connectivity index (χ4v) is 3.84. The van der Waals surface area contributed by atoms with E-state index in [4.69, 9.17) is 0 Å². The van der Waals surface area contributed by atoms with Crippen molar-refractivity contribution in [2.24, 2.45) is 0 Å². The van der Waals surface area contributed by atoms with Gasteiger partial charge in [-0.25, -0.2) is 0 Å². The summed E-state index contributed by atoms with van der Waals surface area (Å²) in [5.74, 6) is -0.0754. The van der Waals surface area contributed by atoms with Crippen LogP contribution in [0.25, 0.3) is 21.2 Å². The molecule has 2 aromatic carbocycles. The summed E-state index contributed by atoms with van der Waals surface area (Å²) in [6.07, 6.45) is 1.58. The summed E-state index contributed by atoms with van der Waals surface area (Å²) < 4.78 is 0. The zero-order chi connectivity index (χ0) is 19.4. The summed E-state index contributed by atoms with van der Waals surface area (Å²) in [5, 5.41) is 14.3. The third-order valence-corrected chi connectivity index (χ3v) is 5.47. The molecule has 140 valence electrons. The molecule has 0 atom stereocenters. The minimum atomic E-state index is -0.0565. The fourth-order valence-electron chi connectivity index (χ4n) is 2.92. The van der Waals surface area contributed by atoms with Gasteiger partial charge in [0.05, 0.1) is 10.4 Å². The fraction of sp³-hybridized carbons (Fsp3) is 0.238. The molecule has 0 saturated carbocycles. The van der Waals surface area contributed by atoms with Gasteiger partial charge in [0, 0.05) is 11.4 Å².